The van der Waals surface area contributed by atoms with Gasteiger partial charge >= 0.3 is 0 Å². The summed E-state index contributed by atoms with van der Waals surface area (Å²) in [6.45, 7) is 0. The molecule has 0 saturated heterocycles. The fraction of sp³-hybridized carbons (Fsp3) is 0. The van der Waals surface area contributed by atoms with Gasteiger partial charge in [-0.3, -0.25) is 0 Å². The molecule has 8 aromatic carbocycles. The van der Waals surface area contributed by atoms with E-state index in [9.17, 15) is 0 Å². The zero-order chi connectivity index (χ0) is 39.6. The molecule has 0 unspecified atom stereocenters. The van der Waals surface area contributed by atoms with Crippen LogP contribution >= 0.6 is 11.3 Å². The SMILES string of the molecule is c1ccc(-c2nc(-c3cccc(-c4cccc5c4nc(-c4ccccc4)c4sc6ccccc6c45)c3)cc(-c3cccc(-c4cccc5c4oc4ccccc45)c3)n2)cc1. The Morgan fingerprint density at radius 3 is 1.68 bits per heavy atom. The standard InChI is InChI=1S/C55H33N3OS/c1-3-15-34(16-4-1)51-54-50(44-24-8-10-30-49(44)60-54)45-28-13-25-40(52(45)58-51)36-19-11-21-38(31-36)46-33-47(57-55(56-46)35-17-5-2-6-18-35)39-22-12-20-37(32-39)41-26-14-27-43-42-23-7-9-29-48(42)59-53(41)43/h1-33H. The minimum Gasteiger partial charge on any atom is -0.455 e. The first kappa shape index (κ1) is 34.3. The van der Waals surface area contributed by atoms with E-state index in [1.807, 2.05) is 41.7 Å². The van der Waals surface area contributed by atoms with Gasteiger partial charge in [0.15, 0.2) is 5.82 Å². The summed E-state index contributed by atoms with van der Waals surface area (Å²) < 4.78 is 8.92. The smallest absolute Gasteiger partial charge is 0.160 e. The quantitative estimate of drug-likeness (QED) is 0.169. The molecule has 5 heteroatoms. The van der Waals surface area contributed by atoms with E-state index in [1.54, 1.807) is 0 Å². The zero-order valence-corrected chi connectivity index (χ0v) is 33.0. The highest BCUT2D eigenvalue weighted by Crippen LogP contribution is 2.45. The summed E-state index contributed by atoms with van der Waals surface area (Å²) in [6, 6.07) is 70.0. The molecule has 280 valence electrons. The van der Waals surface area contributed by atoms with Gasteiger partial charge in [0.1, 0.15) is 11.2 Å². The monoisotopic (exact) mass is 783 g/mol. The van der Waals surface area contributed by atoms with Crippen molar-refractivity contribution >= 4 is 64.4 Å². The van der Waals surface area contributed by atoms with E-state index in [-0.39, 0.29) is 0 Å². The lowest BCUT2D eigenvalue weighted by molar-refractivity contribution is 0.670. The number of pyridine rings is 1. The van der Waals surface area contributed by atoms with Crippen LogP contribution in [0.5, 0.6) is 0 Å². The van der Waals surface area contributed by atoms with Gasteiger partial charge in [-0.15, -0.1) is 11.3 Å². The molecule has 0 radical (unpaired) electrons. The van der Waals surface area contributed by atoms with Gasteiger partial charge in [0.2, 0.25) is 0 Å². The van der Waals surface area contributed by atoms with Crippen LogP contribution in [0.2, 0.25) is 0 Å². The third-order valence-corrected chi connectivity index (χ3v) is 12.7. The van der Waals surface area contributed by atoms with Crippen molar-refractivity contribution in [2.24, 2.45) is 0 Å². The Morgan fingerprint density at radius 2 is 0.933 bits per heavy atom. The molecule has 0 aliphatic rings. The Labute approximate surface area is 349 Å². The average molecular weight is 784 g/mol. The van der Waals surface area contributed by atoms with Crippen LogP contribution in [0.4, 0.5) is 0 Å². The summed E-state index contributed by atoms with van der Waals surface area (Å²) in [5, 5.41) is 5.89. The molecule has 0 N–H and O–H groups in total. The number of aromatic nitrogens is 3. The van der Waals surface area contributed by atoms with Crippen molar-refractivity contribution in [3.63, 3.8) is 0 Å². The van der Waals surface area contributed by atoms with Gasteiger partial charge in [0.25, 0.3) is 0 Å². The van der Waals surface area contributed by atoms with E-state index in [1.165, 1.54) is 20.2 Å². The van der Waals surface area contributed by atoms with Gasteiger partial charge in [-0.2, -0.15) is 0 Å². The molecule has 12 aromatic rings. The second kappa shape index (κ2) is 14.0. The van der Waals surface area contributed by atoms with Crippen molar-refractivity contribution in [2.45, 2.75) is 0 Å². The third kappa shape index (κ3) is 5.70. The lowest BCUT2D eigenvalue weighted by Crippen LogP contribution is -1.96. The van der Waals surface area contributed by atoms with Crippen LogP contribution in [-0.2, 0) is 0 Å². The Morgan fingerprint density at radius 1 is 0.383 bits per heavy atom. The first-order valence-corrected chi connectivity index (χ1v) is 20.9. The van der Waals surface area contributed by atoms with Crippen LogP contribution in [0, 0.1) is 0 Å². The lowest BCUT2D eigenvalue weighted by Gasteiger charge is -2.13. The molecular weight excluding hydrogens is 751 g/mol. The van der Waals surface area contributed by atoms with E-state index >= 15 is 0 Å². The summed E-state index contributed by atoms with van der Waals surface area (Å²) in [7, 11) is 0. The number of furan rings is 1. The molecule has 0 aliphatic carbocycles. The largest absolute Gasteiger partial charge is 0.455 e. The molecule has 12 rings (SSSR count). The van der Waals surface area contributed by atoms with E-state index in [0.717, 1.165) is 94.4 Å². The summed E-state index contributed by atoms with van der Waals surface area (Å²) in [6.07, 6.45) is 0. The third-order valence-electron chi connectivity index (χ3n) is 11.5. The fourth-order valence-corrected chi connectivity index (χ4v) is 9.89. The van der Waals surface area contributed by atoms with E-state index in [4.69, 9.17) is 19.4 Å². The van der Waals surface area contributed by atoms with Crippen LogP contribution in [0.1, 0.15) is 0 Å². The summed E-state index contributed by atoms with van der Waals surface area (Å²) in [5.74, 6) is 0.671. The molecule has 0 fully saturated rings. The predicted octanol–water partition coefficient (Wildman–Crippen LogP) is 15.3. The van der Waals surface area contributed by atoms with Gasteiger partial charge in [0, 0.05) is 65.0 Å². The second-order valence-corrected chi connectivity index (χ2v) is 16.2. The molecule has 0 bridgehead atoms. The molecular formula is C55H33N3OS. The summed E-state index contributed by atoms with van der Waals surface area (Å²) in [5.41, 5.74) is 13.8. The van der Waals surface area contributed by atoms with Crippen molar-refractivity contribution in [3.05, 3.63) is 200 Å². The van der Waals surface area contributed by atoms with Crippen molar-refractivity contribution in [3.8, 4) is 67.4 Å². The molecule has 0 atom stereocenters. The average Bonchev–Trinajstić information content (AvgIpc) is 3.91. The zero-order valence-electron chi connectivity index (χ0n) is 32.2. The molecule has 0 aliphatic heterocycles. The molecule has 4 nitrogen and oxygen atoms in total. The fourth-order valence-electron chi connectivity index (χ4n) is 8.66. The normalized spacial score (nSPS) is 11.7. The van der Waals surface area contributed by atoms with Crippen molar-refractivity contribution in [1.29, 1.82) is 0 Å². The van der Waals surface area contributed by atoms with E-state index in [2.05, 4.69) is 170 Å². The minimum absolute atomic E-state index is 0.671. The van der Waals surface area contributed by atoms with Gasteiger partial charge in [-0.25, -0.2) is 15.0 Å². The molecule has 0 spiro atoms. The highest BCUT2D eigenvalue weighted by molar-refractivity contribution is 7.26. The number of para-hydroxylation sites is 3. The van der Waals surface area contributed by atoms with Gasteiger partial charge in [0.05, 0.1) is 27.3 Å². The second-order valence-electron chi connectivity index (χ2n) is 15.1. The van der Waals surface area contributed by atoms with Crippen LogP contribution in [0.25, 0.3) is 120 Å². The van der Waals surface area contributed by atoms with E-state index < -0.39 is 0 Å². The number of hydrogen-bond acceptors (Lipinski definition) is 5. The molecule has 60 heavy (non-hydrogen) atoms. The van der Waals surface area contributed by atoms with Gasteiger partial charge in [-0.05, 0) is 41.5 Å². The maximum atomic E-state index is 6.45. The number of benzene rings is 8. The predicted molar refractivity (Wildman–Crippen MR) is 250 cm³/mol. The maximum Gasteiger partial charge on any atom is 0.160 e. The Balaban J connectivity index is 1.02. The van der Waals surface area contributed by atoms with Gasteiger partial charge < -0.3 is 4.42 Å². The van der Waals surface area contributed by atoms with Crippen LogP contribution < -0.4 is 0 Å². The molecule has 0 saturated carbocycles. The lowest BCUT2D eigenvalue weighted by atomic mass is 9.96. The van der Waals surface area contributed by atoms with Gasteiger partial charge in [-0.1, -0.05) is 170 Å². The van der Waals surface area contributed by atoms with Crippen LogP contribution in [-0.4, -0.2) is 15.0 Å². The molecule has 4 heterocycles. The van der Waals surface area contributed by atoms with Crippen molar-refractivity contribution in [1.82, 2.24) is 15.0 Å². The number of fused-ring (bicyclic) bond motifs is 8. The molecule has 0 amide bonds. The summed E-state index contributed by atoms with van der Waals surface area (Å²) in [4.78, 5) is 15.9. The highest BCUT2D eigenvalue weighted by atomic mass is 32.1. The number of rotatable bonds is 6. The van der Waals surface area contributed by atoms with Crippen LogP contribution in [0.3, 0.4) is 0 Å². The van der Waals surface area contributed by atoms with Crippen molar-refractivity contribution in [2.75, 3.05) is 0 Å². The first-order chi connectivity index (χ1) is 29.7. The topological polar surface area (TPSA) is 51.8 Å². The van der Waals surface area contributed by atoms with E-state index in [0.29, 0.717) is 5.82 Å². The number of thiophene rings is 1. The summed E-state index contributed by atoms with van der Waals surface area (Å²) >= 11 is 1.82. The number of nitrogens with zero attached hydrogens (tertiary/aromatic N) is 3. The first-order valence-electron chi connectivity index (χ1n) is 20.1. The maximum absolute atomic E-state index is 6.45. The Hall–Kier alpha value is -7.73. The highest BCUT2D eigenvalue weighted by Gasteiger charge is 2.19. The van der Waals surface area contributed by atoms with Crippen LogP contribution in [0.15, 0.2) is 205 Å². The Kier molecular flexibility index (Phi) is 8.00. The number of hydrogen-bond donors (Lipinski definition) is 0. The minimum atomic E-state index is 0.671. The molecule has 4 aromatic heterocycles. The Bertz CT molecular complexity index is 3610. The van der Waals surface area contributed by atoms with Crippen molar-refractivity contribution < 1.29 is 4.42 Å².